The first kappa shape index (κ1) is 19.7. The quantitative estimate of drug-likeness (QED) is 0.838. The van der Waals surface area contributed by atoms with Crippen molar-refractivity contribution in [1.82, 2.24) is 9.80 Å². The second kappa shape index (κ2) is 7.89. The van der Waals surface area contributed by atoms with Gasteiger partial charge >= 0.3 is 6.03 Å². The molecule has 6 nitrogen and oxygen atoms in total. The summed E-state index contributed by atoms with van der Waals surface area (Å²) < 4.78 is 0. The number of carbonyl (C=O) groups excluding carboxylic acids is 2. The number of urea groups is 1. The fourth-order valence-electron chi connectivity index (χ4n) is 4.11. The molecule has 6 heteroatoms. The maximum atomic E-state index is 13.0. The van der Waals surface area contributed by atoms with Gasteiger partial charge in [0.2, 0.25) is 5.91 Å². The van der Waals surface area contributed by atoms with E-state index in [1.54, 1.807) is 4.90 Å². The standard InChI is InChI=1S/C21H32N4O2/c1-15-6-4-8-17(12-15)23-20(27)24-10-5-7-16(13-24)19(26)25-11-9-18(22)21(2,3)14-25/h4,6,8,12,16,18H,5,7,9-11,13-14,22H2,1-3H3,(H,23,27). The highest BCUT2D eigenvalue weighted by Gasteiger charge is 2.38. The van der Waals surface area contributed by atoms with Crippen LogP contribution < -0.4 is 11.1 Å². The number of amides is 3. The van der Waals surface area contributed by atoms with E-state index >= 15 is 0 Å². The number of hydrogen-bond donors (Lipinski definition) is 2. The molecule has 2 atom stereocenters. The number of likely N-dealkylation sites (tertiary alicyclic amines) is 2. The molecule has 2 fully saturated rings. The second-order valence-electron chi connectivity index (χ2n) is 8.73. The largest absolute Gasteiger partial charge is 0.342 e. The topological polar surface area (TPSA) is 78.7 Å². The second-order valence-corrected chi connectivity index (χ2v) is 8.73. The predicted octanol–water partition coefficient (Wildman–Crippen LogP) is 2.82. The van der Waals surface area contributed by atoms with Crippen LogP contribution in [0, 0.1) is 18.3 Å². The molecular formula is C21H32N4O2. The Kier molecular flexibility index (Phi) is 5.75. The smallest absolute Gasteiger partial charge is 0.321 e. The number of carbonyl (C=O) groups is 2. The molecule has 0 saturated carbocycles. The van der Waals surface area contributed by atoms with Crippen LogP contribution in [0.25, 0.3) is 0 Å². The highest BCUT2D eigenvalue weighted by molar-refractivity contribution is 5.90. The van der Waals surface area contributed by atoms with E-state index in [0.29, 0.717) is 19.6 Å². The SMILES string of the molecule is Cc1cccc(NC(=O)N2CCCC(C(=O)N3CCC(N)C(C)(C)C3)C2)c1. The van der Waals surface area contributed by atoms with Crippen molar-refractivity contribution in [2.45, 2.75) is 46.1 Å². The number of nitrogens with one attached hydrogen (secondary N) is 1. The summed E-state index contributed by atoms with van der Waals surface area (Å²) in [5, 5.41) is 2.96. The maximum absolute atomic E-state index is 13.0. The van der Waals surface area contributed by atoms with Gasteiger partial charge in [-0.3, -0.25) is 4.79 Å². The molecular weight excluding hydrogens is 340 g/mol. The van der Waals surface area contributed by atoms with Crippen molar-refractivity contribution < 1.29 is 9.59 Å². The van der Waals surface area contributed by atoms with Crippen molar-refractivity contribution in [3.63, 3.8) is 0 Å². The van der Waals surface area contributed by atoms with Crippen LogP contribution in [0.1, 0.15) is 38.7 Å². The molecule has 0 aliphatic carbocycles. The predicted molar refractivity (Wildman–Crippen MR) is 107 cm³/mol. The average molecular weight is 373 g/mol. The molecule has 2 unspecified atom stereocenters. The highest BCUT2D eigenvalue weighted by atomic mass is 16.2. The molecule has 0 bridgehead atoms. The van der Waals surface area contributed by atoms with Crippen molar-refractivity contribution in [2.75, 3.05) is 31.5 Å². The molecule has 2 aliphatic rings. The van der Waals surface area contributed by atoms with Gasteiger partial charge in [-0.25, -0.2) is 4.79 Å². The number of aryl methyl sites for hydroxylation is 1. The monoisotopic (exact) mass is 372 g/mol. The van der Waals surface area contributed by atoms with Gasteiger partial charge in [0.05, 0.1) is 5.92 Å². The minimum atomic E-state index is -0.126. The lowest BCUT2D eigenvalue weighted by Gasteiger charge is -2.44. The van der Waals surface area contributed by atoms with Crippen LogP contribution in [0.3, 0.4) is 0 Å². The number of nitrogens with two attached hydrogens (primary N) is 1. The third-order valence-corrected chi connectivity index (χ3v) is 5.95. The molecule has 3 N–H and O–H groups in total. The lowest BCUT2D eigenvalue weighted by molar-refractivity contribution is -0.140. The molecule has 2 heterocycles. The Morgan fingerprint density at radius 1 is 1.19 bits per heavy atom. The van der Waals surface area contributed by atoms with Gasteiger partial charge in [-0.2, -0.15) is 0 Å². The molecule has 27 heavy (non-hydrogen) atoms. The van der Waals surface area contributed by atoms with Gasteiger partial charge in [-0.05, 0) is 49.3 Å². The Morgan fingerprint density at radius 2 is 1.96 bits per heavy atom. The van der Waals surface area contributed by atoms with Gasteiger partial charge in [0.15, 0.2) is 0 Å². The lowest BCUT2D eigenvalue weighted by atomic mass is 9.79. The Labute approximate surface area is 162 Å². The maximum Gasteiger partial charge on any atom is 0.321 e. The van der Waals surface area contributed by atoms with Gasteiger partial charge in [0.1, 0.15) is 0 Å². The molecule has 0 aromatic heterocycles. The summed E-state index contributed by atoms with van der Waals surface area (Å²) in [5.74, 6) is 0.0511. The summed E-state index contributed by atoms with van der Waals surface area (Å²) in [7, 11) is 0. The zero-order valence-electron chi connectivity index (χ0n) is 16.7. The first-order valence-electron chi connectivity index (χ1n) is 9.93. The fourth-order valence-corrected chi connectivity index (χ4v) is 4.11. The summed E-state index contributed by atoms with van der Waals surface area (Å²) in [6, 6.07) is 7.76. The Bertz CT molecular complexity index is 703. The van der Waals surface area contributed by atoms with E-state index < -0.39 is 0 Å². The normalized spacial score (nSPS) is 25.2. The van der Waals surface area contributed by atoms with Gasteiger partial charge in [-0.1, -0.05) is 26.0 Å². The van der Waals surface area contributed by atoms with E-state index in [4.69, 9.17) is 5.73 Å². The van der Waals surface area contributed by atoms with E-state index in [0.717, 1.165) is 37.1 Å². The van der Waals surface area contributed by atoms with Gasteiger partial charge < -0.3 is 20.9 Å². The van der Waals surface area contributed by atoms with Crippen LogP contribution in [0.5, 0.6) is 0 Å². The molecule has 2 saturated heterocycles. The van der Waals surface area contributed by atoms with Crippen molar-refractivity contribution in [2.24, 2.45) is 17.1 Å². The van der Waals surface area contributed by atoms with Crippen molar-refractivity contribution >= 4 is 17.6 Å². The average Bonchev–Trinajstić information content (AvgIpc) is 2.63. The Morgan fingerprint density at radius 3 is 2.67 bits per heavy atom. The van der Waals surface area contributed by atoms with Gasteiger partial charge in [0.25, 0.3) is 0 Å². The number of benzene rings is 1. The van der Waals surface area contributed by atoms with Crippen molar-refractivity contribution in [1.29, 1.82) is 0 Å². The summed E-state index contributed by atoms with van der Waals surface area (Å²) >= 11 is 0. The molecule has 1 aromatic carbocycles. The van der Waals surface area contributed by atoms with Crippen LogP contribution in [0.2, 0.25) is 0 Å². The van der Waals surface area contributed by atoms with Crippen LogP contribution in [0.4, 0.5) is 10.5 Å². The minimum absolute atomic E-state index is 0.0647. The van der Waals surface area contributed by atoms with Crippen LogP contribution in [-0.2, 0) is 4.79 Å². The van der Waals surface area contributed by atoms with Gasteiger partial charge in [-0.15, -0.1) is 0 Å². The van der Waals surface area contributed by atoms with E-state index in [-0.39, 0.29) is 29.3 Å². The molecule has 1 aromatic rings. The van der Waals surface area contributed by atoms with E-state index in [9.17, 15) is 9.59 Å². The zero-order valence-corrected chi connectivity index (χ0v) is 16.7. The number of nitrogens with zero attached hydrogens (tertiary/aromatic N) is 2. The molecule has 2 aliphatic heterocycles. The zero-order chi connectivity index (χ0) is 19.6. The molecule has 0 spiro atoms. The summed E-state index contributed by atoms with van der Waals surface area (Å²) in [6.45, 7) is 8.84. The number of rotatable bonds is 2. The molecule has 0 radical (unpaired) electrons. The third kappa shape index (κ3) is 4.61. The third-order valence-electron chi connectivity index (χ3n) is 5.95. The number of piperidine rings is 2. The van der Waals surface area contributed by atoms with Crippen molar-refractivity contribution in [3.05, 3.63) is 29.8 Å². The lowest BCUT2D eigenvalue weighted by Crippen LogP contribution is -2.56. The van der Waals surface area contributed by atoms with Crippen LogP contribution in [0.15, 0.2) is 24.3 Å². The molecule has 148 valence electrons. The van der Waals surface area contributed by atoms with Crippen LogP contribution in [-0.4, -0.2) is 54.0 Å². The molecule has 3 rings (SSSR count). The Hall–Kier alpha value is -2.08. The Balaban J connectivity index is 1.60. The first-order valence-corrected chi connectivity index (χ1v) is 9.93. The minimum Gasteiger partial charge on any atom is -0.342 e. The fraction of sp³-hybridized carbons (Fsp3) is 0.619. The summed E-state index contributed by atoms with van der Waals surface area (Å²) in [5.41, 5.74) is 8.03. The number of hydrogen-bond acceptors (Lipinski definition) is 3. The van der Waals surface area contributed by atoms with E-state index in [2.05, 4.69) is 19.2 Å². The van der Waals surface area contributed by atoms with Crippen LogP contribution >= 0.6 is 0 Å². The first-order chi connectivity index (χ1) is 12.8. The highest BCUT2D eigenvalue weighted by Crippen LogP contribution is 2.30. The van der Waals surface area contributed by atoms with Gasteiger partial charge in [0, 0.05) is 37.9 Å². The van der Waals surface area contributed by atoms with Crippen molar-refractivity contribution in [3.8, 4) is 0 Å². The summed E-state index contributed by atoms with van der Waals surface area (Å²) in [6.07, 6.45) is 2.54. The van der Waals surface area contributed by atoms with E-state index in [1.807, 2.05) is 36.1 Å². The number of anilines is 1. The van der Waals surface area contributed by atoms with E-state index in [1.165, 1.54) is 0 Å². The molecule has 3 amide bonds. The summed E-state index contributed by atoms with van der Waals surface area (Å²) in [4.78, 5) is 29.4.